The summed E-state index contributed by atoms with van der Waals surface area (Å²) in [6.45, 7) is 7.48. The highest BCUT2D eigenvalue weighted by molar-refractivity contribution is 5.17. The van der Waals surface area contributed by atoms with Gasteiger partial charge in [-0.05, 0) is 70.1 Å². The molecule has 2 unspecified atom stereocenters. The Labute approximate surface area is 159 Å². The van der Waals surface area contributed by atoms with E-state index in [1.807, 2.05) is 12.4 Å². The molecule has 0 spiro atoms. The average molecular weight is 358 g/mol. The highest BCUT2D eigenvalue weighted by Crippen LogP contribution is 2.26. The van der Waals surface area contributed by atoms with E-state index in [9.17, 15) is 0 Å². The molecule has 0 N–H and O–H groups in total. The quantitative estimate of drug-likeness (QED) is 0.651. The van der Waals surface area contributed by atoms with Crippen molar-refractivity contribution in [2.24, 2.45) is 0 Å². The van der Waals surface area contributed by atoms with E-state index in [2.05, 4.69) is 84.9 Å². The predicted octanol–water partition coefficient (Wildman–Crippen LogP) is 3.59. The van der Waals surface area contributed by atoms with E-state index in [0.717, 1.165) is 32.5 Å². The second-order valence-corrected chi connectivity index (χ2v) is 8.05. The Balaban J connectivity index is 1.83. The highest BCUT2D eigenvalue weighted by atomic mass is 15.3. The van der Waals surface area contributed by atoms with Gasteiger partial charge in [0.25, 0.3) is 0 Å². The summed E-state index contributed by atoms with van der Waals surface area (Å²) in [6.07, 6.45) is 8.54. The highest BCUT2D eigenvalue weighted by Gasteiger charge is 2.13. The van der Waals surface area contributed by atoms with Gasteiger partial charge in [0.1, 0.15) is 0 Å². The number of nitrogens with zero attached hydrogens (tertiary/aromatic N) is 5. The molecular weight excluding hydrogens is 322 g/mol. The first-order chi connectivity index (χ1) is 12.3. The minimum Gasteiger partial charge on any atom is -0.308 e. The van der Waals surface area contributed by atoms with E-state index < -0.39 is 0 Å². The monoisotopic (exact) mass is 357 g/mol. The van der Waals surface area contributed by atoms with Crippen molar-refractivity contribution in [2.75, 3.05) is 34.7 Å². The Morgan fingerprint density at radius 1 is 0.962 bits per heavy atom. The van der Waals surface area contributed by atoms with Crippen LogP contribution in [0.15, 0.2) is 30.7 Å². The molecule has 0 radical (unpaired) electrons. The van der Waals surface area contributed by atoms with Gasteiger partial charge in [-0.3, -0.25) is 9.67 Å². The van der Waals surface area contributed by atoms with Crippen LogP contribution in [0.2, 0.25) is 0 Å². The maximum Gasteiger partial charge on any atom is 0.0536 e. The Bertz CT molecular complexity index is 645. The molecule has 0 aliphatic carbocycles. The van der Waals surface area contributed by atoms with Crippen LogP contribution in [0.1, 0.15) is 55.3 Å². The molecule has 0 bridgehead atoms. The van der Waals surface area contributed by atoms with Gasteiger partial charge in [-0.25, -0.2) is 0 Å². The van der Waals surface area contributed by atoms with Crippen molar-refractivity contribution in [1.29, 1.82) is 0 Å². The maximum atomic E-state index is 4.68. The Kier molecular flexibility index (Phi) is 7.79. The average Bonchev–Trinajstić information content (AvgIpc) is 3.07. The van der Waals surface area contributed by atoms with Crippen LogP contribution in [0.25, 0.3) is 0 Å². The smallest absolute Gasteiger partial charge is 0.0536 e. The fourth-order valence-electron chi connectivity index (χ4n) is 3.06. The summed E-state index contributed by atoms with van der Waals surface area (Å²) in [5.41, 5.74) is 3.80. The lowest BCUT2D eigenvalue weighted by atomic mass is 9.92. The van der Waals surface area contributed by atoms with E-state index in [4.69, 9.17) is 0 Å². The fourth-order valence-corrected chi connectivity index (χ4v) is 3.06. The maximum absolute atomic E-state index is 4.68. The topological polar surface area (TPSA) is 37.2 Å². The van der Waals surface area contributed by atoms with Gasteiger partial charge in [0.05, 0.1) is 12.7 Å². The zero-order valence-corrected chi connectivity index (χ0v) is 17.3. The summed E-state index contributed by atoms with van der Waals surface area (Å²) in [5, 5.41) is 4.50. The van der Waals surface area contributed by atoms with Crippen molar-refractivity contribution in [2.45, 2.75) is 51.6 Å². The van der Waals surface area contributed by atoms with Crippen molar-refractivity contribution in [3.8, 4) is 0 Å². The van der Waals surface area contributed by atoms with Crippen LogP contribution in [0.4, 0.5) is 0 Å². The molecule has 26 heavy (non-hydrogen) atoms. The molecular formula is C21H35N5. The van der Waals surface area contributed by atoms with E-state index in [0.29, 0.717) is 11.8 Å². The summed E-state index contributed by atoms with van der Waals surface area (Å²) < 4.78 is 2.06. The zero-order valence-electron chi connectivity index (χ0n) is 17.3. The van der Waals surface area contributed by atoms with Crippen LogP contribution in [-0.4, -0.2) is 59.3 Å². The minimum absolute atomic E-state index is 0.481. The Morgan fingerprint density at radius 3 is 2.31 bits per heavy atom. The van der Waals surface area contributed by atoms with Gasteiger partial charge in [0.2, 0.25) is 0 Å². The van der Waals surface area contributed by atoms with Gasteiger partial charge in [-0.2, -0.15) is 5.10 Å². The summed E-state index contributed by atoms with van der Waals surface area (Å²) in [7, 11) is 8.35. The third-order valence-corrected chi connectivity index (χ3v) is 4.88. The third-order valence-electron chi connectivity index (χ3n) is 4.88. The summed E-state index contributed by atoms with van der Waals surface area (Å²) in [5.74, 6) is 1.01. The standard InChI is InChI=1S/C21H35N5/c1-17(20-14-23-26(16-20)12-11-24(3)4)7-8-18(2)21-10-9-19(13-22-21)15-25(5)6/h9-10,13-14,16-18H,7-8,11-12,15H2,1-6H3. The molecule has 0 fully saturated rings. The molecule has 5 heteroatoms. The van der Waals surface area contributed by atoms with Gasteiger partial charge < -0.3 is 9.80 Å². The molecule has 2 atom stereocenters. The summed E-state index contributed by atoms with van der Waals surface area (Å²) in [4.78, 5) is 9.03. The molecule has 2 rings (SSSR count). The third kappa shape index (κ3) is 6.54. The van der Waals surface area contributed by atoms with Crippen molar-refractivity contribution in [3.63, 3.8) is 0 Å². The van der Waals surface area contributed by atoms with Crippen LogP contribution >= 0.6 is 0 Å². The zero-order chi connectivity index (χ0) is 19.1. The van der Waals surface area contributed by atoms with Crippen LogP contribution in [0, 0.1) is 0 Å². The van der Waals surface area contributed by atoms with Crippen LogP contribution < -0.4 is 0 Å². The van der Waals surface area contributed by atoms with Crippen LogP contribution in [-0.2, 0) is 13.1 Å². The number of rotatable bonds is 10. The lowest BCUT2D eigenvalue weighted by Gasteiger charge is -2.15. The summed E-state index contributed by atoms with van der Waals surface area (Å²) in [6, 6.07) is 4.39. The Hall–Kier alpha value is -1.72. The van der Waals surface area contributed by atoms with E-state index >= 15 is 0 Å². The molecule has 2 aromatic heterocycles. The van der Waals surface area contributed by atoms with E-state index in [1.54, 1.807) is 0 Å². The summed E-state index contributed by atoms with van der Waals surface area (Å²) >= 11 is 0. The molecule has 0 aliphatic heterocycles. The fraction of sp³-hybridized carbons (Fsp3) is 0.619. The normalized spacial score (nSPS) is 14.2. The van der Waals surface area contributed by atoms with Crippen LogP contribution in [0.3, 0.4) is 0 Å². The van der Waals surface area contributed by atoms with Crippen molar-refractivity contribution >= 4 is 0 Å². The largest absolute Gasteiger partial charge is 0.308 e. The lowest BCUT2D eigenvalue weighted by Crippen LogP contribution is -2.18. The van der Waals surface area contributed by atoms with Gasteiger partial charge in [0, 0.05) is 31.2 Å². The van der Waals surface area contributed by atoms with Crippen molar-refractivity contribution in [1.82, 2.24) is 24.6 Å². The van der Waals surface area contributed by atoms with Gasteiger partial charge in [-0.1, -0.05) is 19.9 Å². The number of hydrogen-bond donors (Lipinski definition) is 0. The molecule has 2 heterocycles. The van der Waals surface area contributed by atoms with Gasteiger partial charge in [-0.15, -0.1) is 0 Å². The van der Waals surface area contributed by atoms with E-state index in [-0.39, 0.29) is 0 Å². The molecule has 0 saturated heterocycles. The molecule has 0 aromatic carbocycles. The van der Waals surface area contributed by atoms with E-state index in [1.165, 1.54) is 16.8 Å². The second kappa shape index (κ2) is 9.83. The number of likely N-dealkylation sites (N-methyl/N-ethyl adjacent to an activating group) is 1. The molecule has 0 aliphatic rings. The van der Waals surface area contributed by atoms with Gasteiger partial charge in [0.15, 0.2) is 0 Å². The van der Waals surface area contributed by atoms with Gasteiger partial charge >= 0.3 is 0 Å². The number of hydrogen-bond acceptors (Lipinski definition) is 4. The Morgan fingerprint density at radius 2 is 1.69 bits per heavy atom. The minimum atomic E-state index is 0.481. The molecule has 5 nitrogen and oxygen atoms in total. The predicted molar refractivity (Wildman–Crippen MR) is 108 cm³/mol. The van der Waals surface area contributed by atoms with Crippen molar-refractivity contribution in [3.05, 3.63) is 47.5 Å². The SMILES string of the molecule is CC(CCC(C)c1ccc(CN(C)C)cn1)c1cnn(CCN(C)C)c1. The molecule has 144 valence electrons. The second-order valence-electron chi connectivity index (χ2n) is 8.05. The molecule has 0 saturated carbocycles. The molecule has 0 amide bonds. The van der Waals surface area contributed by atoms with Crippen molar-refractivity contribution < 1.29 is 0 Å². The molecule has 2 aromatic rings. The van der Waals surface area contributed by atoms with Crippen LogP contribution in [0.5, 0.6) is 0 Å². The first-order valence-corrected chi connectivity index (χ1v) is 9.61. The first kappa shape index (κ1) is 20.6. The first-order valence-electron chi connectivity index (χ1n) is 9.61. The lowest BCUT2D eigenvalue weighted by molar-refractivity contribution is 0.373. The number of aromatic nitrogens is 3. The number of pyridine rings is 1.